The van der Waals surface area contributed by atoms with E-state index in [0.717, 1.165) is 44.8 Å². The van der Waals surface area contributed by atoms with Gasteiger partial charge in [0.15, 0.2) is 11.5 Å². The highest BCUT2D eigenvalue weighted by atomic mass is 16.5. The van der Waals surface area contributed by atoms with Crippen molar-refractivity contribution in [2.24, 2.45) is 0 Å². The quantitative estimate of drug-likeness (QED) is 0.546. The molecule has 6 nitrogen and oxygen atoms in total. The van der Waals surface area contributed by atoms with E-state index in [1.165, 1.54) is 0 Å². The minimum absolute atomic E-state index is 0.0881. The van der Waals surface area contributed by atoms with Crippen molar-refractivity contribution in [3.05, 3.63) is 29.8 Å². The normalized spacial score (nSPS) is 15.3. The highest BCUT2D eigenvalue weighted by molar-refractivity contribution is 5.91. The van der Waals surface area contributed by atoms with Gasteiger partial charge in [-0.05, 0) is 43.7 Å². The lowest BCUT2D eigenvalue weighted by molar-refractivity contribution is -0.116. The average Bonchev–Trinajstić information content (AvgIpc) is 2.65. The zero-order valence-corrected chi connectivity index (χ0v) is 15.1. The molecule has 1 aromatic carbocycles. The first kappa shape index (κ1) is 19.3. The van der Waals surface area contributed by atoms with Crippen LogP contribution in [0, 0.1) is 0 Å². The summed E-state index contributed by atoms with van der Waals surface area (Å²) in [6.45, 7) is 7.74. The summed E-state index contributed by atoms with van der Waals surface area (Å²) in [6, 6.07) is 5.60. The molecule has 1 aliphatic rings. The van der Waals surface area contributed by atoms with E-state index in [-0.39, 0.29) is 5.91 Å². The summed E-state index contributed by atoms with van der Waals surface area (Å²) in [5, 5.41) is 2.91. The molecule has 0 saturated carbocycles. The van der Waals surface area contributed by atoms with Crippen LogP contribution in [-0.4, -0.2) is 63.9 Å². The zero-order chi connectivity index (χ0) is 17.9. The predicted octanol–water partition coefficient (Wildman–Crippen LogP) is 1.95. The Labute approximate surface area is 149 Å². The topological polar surface area (TPSA) is 60.0 Å². The van der Waals surface area contributed by atoms with Crippen molar-refractivity contribution in [2.75, 3.05) is 53.1 Å². The van der Waals surface area contributed by atoms with Crippen molar-refractivity contribution in [1.82, 2.24) is 10.2 Å². The number of morpholine rings is 1. The van der Waals surface area contributed by atoms with Gasteiger partial charge in [0, 0.05) is 25.7 Å². The number of rotatable bonds is 9. The van der Waals surface area contributed by atoms with Gasteiger partial charge in [0.25, 0.3) is 0 Å². The molecule has 1 fully saturated rings. The van der Waals surface area contributed by atoms with E-state index in [2.05, 4.69) is 10.2 Å². The lowest BCUT2D eigenvalue weighted by Crippen LogP contribution is -2.38. The van der Waals surface area contributed by atoms with Gasteiger partial charge in [-0.1, -0.05) is 6.07 Å². The third-order valence-corrected chi connectivity index (χ3v) is 3.97. The van der Waals surface area contributed by atoms with E-state index in [0.29, 0.717) is 24.7 Å². The van der Waals surface area contributed by atoms with E-state index in [9.17, 15) is 4.79 Å². The number of hydrogen-bond acceptors (Lipinski definition) is 5. The maximum absolute atomic E-state index is 11.9. The molecule has 0 aliphatic carbocycles. The van der Waals surface area contributed by atoms with Crippen LogP contribution in [-0.2, 0) is 9.53 Å². The Kier molecular flexibility index (Phi) is 8.28. The van der Waals surface area contributed by atoms with Crippen molar-refractivity contribution in [3.63, 3.8) is 0 Å². The Hall–Kier alpha value is -2.05. The molecule has 0 radical (unpaired) electrons. The number of nitrogens with one attached hydrogen (secondary N) is 1. The number of carbonyl (C=O) groups excluding carboxylic acids is 1. The first-order chi connectivity index (χ1) is 12.2. The molecule has 0 unspecified atom stereocenters. The third kappa shape index (κ3) is 6.76. The minimum atomic E-state index is -0.0881. The largest absolute Gasteiger partial charge is 0.493 e. The SMILES string of the molecule is CCOc1ccc(/C=C/C(=O)NCCCN2CCOCC2)cc1OC. The molecular weight excluding hydrogens is 320 g/mol. The number of ether oxygens (including phenoxy) is 3. The number of nitrogens with zero attached hydrogens (tertiary/aromatic N) is 1. The first-order valence-corrected chi connectivity index (χ1v) is 8.79. The number of benzene rings is 1. The highest BCUT2D eigenvalue weighted by Crippen LogP contribution is 2.28. The summed E-state index contributed by atoms with van der Waals surface area (Å²) in [5.74, 6) is 1.28. The number of amides is 1. The molecule has 0 aromatic heterocycles. The Balaban J connectivity index is 1.73. The summed E-state index contributed by atoms with van der Waals surface area (Å²) in [4.78, 5) is 14.3. The van der Waals surface area contributed by atoms with Gasteiger partial charge in [-0.25, -0.2) is 0 Å². The van der Waals surface area contributed by atoms with Crippen LogP contribution in [0.15, 0.2) is 24.3 Å². The van der Waals surface area contributed by atoms with Crippen molar-refractivity contribution in [3.8, 4) is 11.5 Å². The fourth-order valence-electron chi connectivity index (χ4n) is 2.63. The molecule has 0 atom stereocenters. The van der Waals surface area contributed by atoms with Crippen LogP contribution in [0.5, 0.6) is 11.5 Å². The summed E-state index contributed by atoms with van der Waals surface area (Å²) in [6.07, 6.45) is 4.26. The van der Waals surface area contributed by atoms with Gasteiger partial charge >= 0.3 is 0 Å². The van der Waals surface area contributed by atoms with Gasteiger partial charge in [0.2, 0.25) is 5.91 Å². The second-order valence-corrected chi connectivity index (χ2v) is 5.78. The second-order valence-electron chi connectivity index (χ2n) is 5.78. The van der Waals surface area contributed by atoms with Crippen molar-refractivity contribution in [1.29, 1.82) is 0 Å². The van der Waals surface area contributed by atoms with Gasteiger partial charge in [0.05, 0.1) is 26.9 Å². The Bertz CT molecular complexity index is 569. The van der Waals surface area contributed by atoms with Gasteiger partial charge in [-0.3, -0.25) is 9.69 Å². The molecule has 6 heteroatoms. The van der Waals surface area contributed by atoms with Crippen molar-refractivity contribution < 1.29 is 19.0 Å². The second kappa shape index (κ2) is 10.7. The first-order valence-electron chi connectivity index (χ1n) is 8.79. The smallest absolute Gasteiger partial charge is 0.243 e. The molecule has 25 heavy (non-hydrogen) atoms. The lowest BCUT2D eigenvalue weighted by Gasteiger charge is -2.26. The molecule has 0 spiro atoms. The Morgan fingerprint density at radius 3 is 2.84 bits per heavy atom. The molecular formula is C19H28N2O4. The molecule has 1 saturated heterocycles. The third-order valence-electron chi connectivity index (χ3n) is 3.97. The number of hydrogen-bond donors (Lipinski definition) is 1. The number of carbonyl (C=O) groups is 1. The van der Waals surface area contributed by atoms with Crippen molar-refractivity contribution >= 4 is 12.0 Å². The Morgan fingerprint density at radius 1 is 1.32 bits per heavy atom. The maximum atomic E-state index is 11.9. The molecule has 1 N–H and O–H groups in total. The van der Waals surface area contributed by atoms with Crippen LogP contribution in [0.1, 0.15) is 18.9 Å². The molecule has 2 rings (SSSR count). The highest BCUT2D eigenvalue weighted by Gasteiger charge is 2.09. The molecule has 1 heterocycles. The molecule has 0 bridgehead atoms. The molecule has 138 valence electrons. The van der Waals surface area contributed by atoms with E-state index in [1.54, 1.807) is 19.3 Å². The summed E-state index contributed by atoms with van der Waals surface area (Å²) >= 11 is 0. The van der Waals surface area contributed by atoms with Crippen LogP contribution < -0.4 is 14.8 Å². The monoisotopic (exact) mass is 348 g/mol. The van der Waals surface area contributed by atoms with E-state index in [1.807, 2.05) is 25.1 Å². The van der Waals surface area contributed by atoms with E-state index >= 15 is 0 Å². The summed E-state index contributed by atoms with van der Waals surface area (Å²) in [5.41, 5.74) is 0.892. The van der Waals surface area contributed by atoms with Crippen LogP contribution in [0.25, 0.3) is 6.08 Å². The van der Waals surface area contributed by atoms with Gasteiger partial charge in [-0.2, -0.15) is 0 Å². The molecule has 1 aliphatic heterocycles. The fourth-order valence-corrected chi connectivity index (χ4v) is 2.63. The minimum Gasteiger partial charge on any atom is -0.493 e. The molecule has 1 aromatic rings. The zero-order valence-electron chi connectivity index (χ0n) is 15.1. The standard InChI is InChI=1S/C19H28N2O4/c1-3-25-17-7-5-16(15-18(17)23-2)6-8-19(22)20-9-4-10-21-11-13-24-14-12-21/h5-8,15H,3-4,9-14H2,1-2H3,(H,20,22)/b8-6+. The van der Waals surface area contributed by atoms with Crippen LogP contribution in [0.4, 0.5) is 0 Å². The lowest BCUT2D eigenvalue weighted by atomic mass is 10.2. The molecule has 1 amide bonds. The summed E-state index contributed by atoms with van der Waals surface area (Å²) in [7, 11) is 1.60. The Morgan fingerprint density at radius 2 is 2.12 bits per heavy atom. The fraction of sp³-hybridized carbons (Fsp3) is 0.526. The van der Waals surface area contributed by atoms with E-state index in [4.69, 9.17) is 14.2 Å². The van der Waals surface area contributed by atoms with Crippen molar-refractivity contribution in [2.45, 2.75) is 13.3 Å². The van der Waals surface area contributed by atoms with Crippen LogP contribution in [0.2, 0.25) is 0 Å². The van der Waals surface area contributed by atoms with Crippen LogP contribution >= 0.6 is 0 Å². The van der Waals surface area contributed by atoms with E-state index < -0.39 is 0 Å². The maximum Gasteiger partial charge on any atom is 0.243 e. The van der Waals surface area contributed by atoms with Gasteiger partial charge in [-0.15, -0.1) is 0 Å². The summed E-state index contributed by atoms with van der Waals surface area (Å²) < 4.78 is 16.1. The number of methoxy groups -OCH3 is 1. The average molecular weight is 348 g/mol. The predicted molar refractivity (Wildman–Crippen MR) is 98.1 cm³/mol. The van der Waals surface area contributed by atoms with Gasteiger partial charge in [0.1, 0.15) is 0 Å². The van der Waals surface area contributed by atoms with Crippen LogP contribution in [0.3, 0.4) is 0 Å². The van der Waals surface area contributed by atoms with Gasteiger partial charge < -0.3 is 19.5 Å².